The molecular weight excluding hydrogens is 454 g/mol. The van der Waals surface area contributed by atoms with E-state index in [0.29, 0.717) is 38.2 Å². The minimum absolute atomic E-state index is 0.200. The highest BCUT2D eigenvalue weighted by Crippen LogP contribution is 2.34. The summed E-state index contributed by atoms with van der Waals surface area (Å²) < 4.78 is 7.68. The molecule has 0 radical (unpaired) electrons. The van der Waals surface area contributed by atoms with Crippen LogP contribution in [-0.2, 0) is 4.79 Å². The zero-order chi connectivity index (χ0) is 22.9. The van der Waals surface area contributed by atoms with Crippen LogP contribution in [-0.4, -0.2) is 31.5 Å². The van der Waals surface area contributed by atoms with E-state index in [0.717, 1.165) is 11.1 Å². The van der Waals surface area contributed by atoms with Crippen molar-refractivity contribution >= 4 is 51.3 Å². The highest BCUT2D eigenvalue weighted by Gasteiger charge is 2.31. The van der Waals surface area contributed by atoms with Crippen molar-refractivity contribution in [3.8, 4) is 16.9 Å². The number of hydrogen-bond donors (Lipinski definition) is 0. The third-order valence-corrected chi connectivity index (χ3v) is 6.51. The molecule has 1 aliphatic rings. The molecule has 8 heteroatoms. The lowest BCUT2D eigenvalue weighted by Crippen LogP contribution is -2.27. The predicted octanol–water partition coefficient (Wildman–Crippen LogP) is 5.03. The number of carbonyl (C=O) groups is 1. The third kappa shape index (κ3) is 3.94. The molecule has 0 atom stereocenters. The van der Waals surface area contributed by atoms with Crippen molar-refractivity contribution in [3.05, 3.63) is 100 Å². The molecule has 162 valence electrons. The second-order valence-corrected chi connectivity index (χ2v) is 8.96. The number of fused-ring (bicyclic) bond motifs is 1. The van der Waals surface area contributed by atoms with Gasteiger partial charge in [0.25, 0.3) is 5.91 Å². The Labute approximate surface area is 198 Å². The first-order chi connectivity index (χ1) is 16.0. The van der Waals surface area contributed by atoms with E-state index in [1.807, 2.05) is 48.5 Å². The monoisotopic (exact) mass is 471 g/mol. The molecule has 33 heavy (non-hydrogen) atoms. The Bertz CT molecular complexity index is 1500. The fourth-order valence-electron chi connectivity index (χ4n) is 3.57. The maximum absolute atomic E-state index is 12.9. The summed E-state index contributed by atoms with van der Waals surface area (Å²) in [6.07, 6.45) is 5.14. The number of para-hydroxylation sites is 2. The lowest BCUT2D eigenvalue weighted by atomic mass is 10.1. The molecule has 0 saturated carbocycles. The van der Waals surface area contributed by atoms with Crippen LogP contribution in [0.5, 0.6) is 0 Å². The van der Waals surface area contributed by atoms with Gasteiger partial charge in [-0.2, -0.15) is 5.10 Å². The number of hydrogen-bond acceptors (Lipinski definition) is 6. The Morgan fingerprint density at radius 3 is 2.64 bits per heavy atom. The summed E-state index contributed by atoms with van der Waals surface area (Å²) in [5.41, 5.74) is 2.17. The highest BCUT2D eigenvalue weighted by atomic mass is 32.2. The predicted molar refractivity (Wildman–Crippen MR) is 135 cm³/mol. The van der Waals surface area contributed by atoms with Crippen LogP contribution in [0, 0.1) is 0 Å². The Morgan fingerprint density at radius 1 is 1.09 bits per heavy atom. The molecule has 3 heterocycles. The Balaban J connectivity index is 1.68. The fraction of sp³-hybridized carbons (Fsp3) is 0.0400. The maximum atomic E-state index is 12.9. The second kappa shape index (κ2) is 8.65. The maximum Gasteiger partial charge on any atom is 0.345 e. The van der Waals surface area contributed by atoms with Crippen LogP contribution in [0.1, 0.15) is 5.56 Å². The summed E-state index contributed by atoms with van der Waals surface area (Å²) in [5, 5.41) is 5.47. The molecule has 0 N–H and O–H groups in total. The molecule has 0 bridgehead atoms. The lowest BCUT2D eigenvalue weighted by Gasteiger charge is -2.10. The van der Waals surface area contributed by atoms with E-state index in [9.17, 15) is 9.59 Å². The van der Waals surface area contributed by atoms with Crippen molar-refractivity contribution in [1.29, 1.82) is 0 Å². The van der Waals surface area contributed by atoms with Gasteiger partial charge in [0.1, 0.15) is 15.6 Å². The molecule has 1 amide bonds. The molecule has 0 aliphatic carbocycles. The van der Waals surface area contributed by atoms with E-state index in [1.54, 1.807) is 35.2 Å². The van der Waals surface area contributed by atoms with Gasteiger partial charge in [-0.3, -0.25) is 9.69 Å². The minimum Gasteiger partial charge on any atom is -0.422 e. The van der Waals surface area contributed by atoms with Gasteiger partial charge in [-0.25, -0.2) is 9.48 Å². The molecule has 1 saturated heterocycles. The van der Waals surface area contributed by atoms with E-state index in [-0.39, 0.29) is 5.91 Å². The van der Waals surface area contributed by atoms with Crippen LogP contribution in [0.3, 0.4) is 0 Å². The van der Waals surface area contributed by atoms with E-state index < -0.39 is 5.63 Å². The average Bonchev–Trinajstić information content (AvgIpc) is 3.36. The number of aromatic nitrogens is 2. The summed E-state index contributed by atoms with van der Waals surface area (Å²) in [7, 11) is 0. The average molecular weight is 472 g/mol. The first-order valence-corrected chi connectivity index (χ1v) is 11.3. The Kier molecular flexibility index (Phi) is 5.53. The van der Waals surface area contributed by atoms with Crippen molar-refractivity contribution in [1.82, 2.24) is 14.7 Å². The highest BCUT2D eigenvalue weighted by molar-refractivity contribution is 8.26. The van der Waals surface area contributed by atoms with Gasteiger partial charge in [0.15, 0.2) is 0 Å². The van der Waals surface area contributed by atoms with Crippen LogP contribution in [0.25, 0.3) is 34.0 Å². The van der Waals surface area contributed by atoms with Crippen molar-refractivity contribution in [2.24, 2.45) is 0 Å². The molecule has 2 aromatic carbocycles. The molecule has 0 spiro atoms. The summed E-state index contributed by atoms with van der Waals surface area (Å²) in [4.78, 5) is 27.7. The molecule has 4 aromatic rings. The summed E-state index contributed by atoms with van der Waals surface area (Å²) in [6.45, 7) is 4.03. The van der Waals surface area contributed by atoms with Gasteiger partial charge in [0.2, 0.25) is 0 Å². The number of thiocarbonyl (C=S) groups is 1. The second-order valence-electron chi connectivity index (χ2n) is 7.28. The number of thioether (sulfide) groups is 1. The first kappa shape index (κ1) is 21.1. The third-order valence-electron chi connectivity index (χ3n) is 5.13. The van der Waals surface area contributed by atoms with Crippen molar-refractivity contribution in [2.75, 3.05) is 6.54 Å². The lowest BCUT2D eigenvalue weighted by molar-refractivity contribution is -0.121. The topological polar surface area (TPSA) is 68.3 Å². The molecular formula is C25H17N3O3S2. The standard InChI is InChI=1S/C25H17N3O3S2/c1-2-12-27-23(29)21(33-25(27)32)14-17-15-28(18-9-4-3-5-10-18)26-22(17)19-13-16-8-6-7-11-20(16)31-24(19)30/h2-11,13-15H,1,12H2. The smallest absolute Gasteiger partial charge is 0.345 e. The van der Waals surface area contributed by atoms with Gasteiger partial charge in [0, 0.05) is 23.7 Å². The number of rotatable bonds is 5. The van der Waals surface area contributed by atoms with E-state index in [4.69, 9.17) is 16.6 Å². The molecule has 5 rings (SSSR count). The fourth-order valence-corrected chi connectivity index (χ4v) is 4.84. The number of carbonyl (C=O) groups excluding carboxylic acids is 1. The van der Waals surface area contributed by atoms with E-state index in [2.05, 4.69) is 11.7 Å². The number of amides is 1. The molecule has 6 nitrogen and oxygen atoms in total. The molecule has 1 fully saturated rings. The van der Waals surface area contributed by atoms with Gasteiger partial charge in [-0.1, -0.05) is 66.5 Å². The normalized spacial score (nSPS) is 15.0. The number of nitrogens with zero attached hydrogens (tertiary/aromatic N) is 3. The summed E-state index contributed by atoms with van der Waals surface area (Å²) in [6, 6.07) is 18.6. The molecule has 2 aromatic heterocycles. The zero-order valence-corrected chi connectivity index (χ0v) is 18.9. The summed E-state index contributed by atoms with van der Waals surface area (Å²) >= 11 is 6.57. The van der Waals surface area contributed by atoms with Crippen LogP contribution in [0.4, 0.5) is 0 Å². The van der Waals surface area contributed by atoms with Gasteiger partial charge < -0.3 is 4.42 Å². The SMILES string of the molecule is C=CCN1C(=O)C(=Cc2cn(-c3ccccc3)nc2-c2cc3ccccc3oc2=O)SC1=S. The number of benzene rings is 2. The Hall–Kier alpha value is -3.75. The van der Waals surface area contributed by atoms with Crippen LogP contribution >= 0.6 is 24.0 Å². The van der Waals surface area contributed by atoms with E-state index in [1.165, 1.54) is 16.7 Å². The quantitative estimate of drug-likeness (QED) is 0.176. The molecule has 1 aliphatic heterocycles. The van der Waals surface area contributed by atoms with E-state index >= 15 is 0 Å². The summed E-state index contributed by atoms with van der Waals surface area (Å²) in [5.74, 6) is -0.200. The van der Waals surface area contributed by atoms with Crippen LogP contribution < -0.4 is 5.63 Å². The van der Waals surface area contributed by atoms with Crippen molar-refractivity contribution in [3.63, 3.8) is 0 Å². The van der Waals surface area contributed by atoms with Crippen LogP contribution in [0.15, 0.2) is 93.6 Å². The van der Waals surface area contributed by atoms with Crippen molar-refractivity contribution < 1.29 is 9.21 Å². The first-order valence-electron chi connectivity index (χ1n) is 10.1. The zero-order valence-electron chi connectivity index (χ0n) is 17.3. The van der Waals surface area contributed by atoms with Gasteiger partial charge in [-0.05, 0) is 30.3 Å². The van der Waals surface area contributed by atoms with Gasteiger partial charge in [0.05, 0.1) is 16.2 Å². The van der Waals surface area contributed by atoms with Crippen molar-refractivity contribution in [2.45, 2.75) is 0 Å². The van der Waals surface area contributed by atoms with Crippen LogP contribution in [0.2, 0.25) is 0 Å². The molecule has 0 unspecified atom stereocenters. The minimum atomic E-state index is -0.499. The Morgan fingerprint density at radius 2 is 1.85 bits per heavy atom. The van der Waals surface area contributed by atoms with Gasteiger partial charge >= 0.3 is 5.63 Å². The van der Waals surface area contributed by atoms with Gasteiger partial charge in [-0.15, -0.1) is 6.58 Å². The largest absolute Gasteiger partial charge is 0.422 e.